The molecule has 0 fully saturated rings. The fourth-order valence-electron chi connectivity index (χ4n) is 1.75. The Morgan fingerprint density at radius 3 is 2.57 bits per heavy atom. The maximum Gasteiger partial charge on any atom is 0.165 e. The van der Waals surface area contributed by atoms with Crippen LogP contribution in [0.3, 0.4) is 0 Å². The van der Waals surface area contributed by atoms with Crippen molar-refractivity contribution in [1.29, 1.82) is 0 Å². The number of carbonyl (C=O) groups is 1. The maximum atomic E-state index is 11.6. The molecule has 0 saturated carbocycles. The van der Waals surface area contributed by atoms with E-state index in [9.17, 15) is 4.79 Å². The second-order valence-electron chi connectivity index (χ2n) is 3.46. The molecule has 0 spiro atoms. The summed E-state index contributed by atoms with van der Waals surface area (Å²) >= 11 is 0. The normalized spacial score (nSPS) is 18.9. The van der Waals surface area contributed by atoms with Crippen LogP contribution in [0.25, 0.3) is 0 Å². The number of hydrogen-bond acceptors (Lipinski definition) is 1. The van der Waals surface area contributed by atoms with Crippen LogP contribution >= 0.6 is 24.8 Å². The minimum atomic E-state index is 0. The summed E-state index contributed by atoms with van der Waals surface area (Å²) in [6, 6.07) is 7.93. The van der Waals surface area contributed by atoms with Crippen molar-refractivity contribution in [1.82, 2.24) is 0 Å². The van der Waals surface area contributed by atoms with Crippen molar-refractivity contribution in [2.75, 3.05) is 0 Å². The molecular weight excluding hydrogens is 219 g/mol. The number of Topliss-reactive ketones (excluding diaryl/α,β-unsaturated/α-hetero) is 1. The van der Waals surface area contributed by atoms with Gasteiger partial charge in [-0.2, -0.15) is 0 Å². The molecular formula is C11H14Cl2O. The number of ketones is 1. The van der Waals surface area contributed by atoms with E-state index in [2.05, 4.69) is 6.07 Å². The summed E-state index contributed by atoms with van der Waals surface area (Å²) in [4.78, 5) is 11.6. The molecule has 0 bridgehead atoms. The van der Waals surface area contributed by atoms with E-state index in [0.29, 0.717) is 5.78 Å². The number of halogens is 2. The van der Waals surface area contributed by atoms with Gasteiger partial charge < -0.3 is 0 Å². The first-order chi connectivity index (χ1) is 5.79. The van der Waals surface area contributed by atoms with Crippen molar-refractivity contribution in [3.05, 3.63) is 35.4 Å². The summed E-state index contributed by atoms with van der Waals surface area (Å²) in [5, 5.41) is 0. The van der Waals surface area contributed by atoms with Crippen LogP contribution in [0.15, 0.2) is 24.3 Å². The molecule has 0 radical (unpaired) electrons. The van der Waals surface area contributed by atoms with Crippen LogP contribution in [0, 0.1) is 5.92 Å². The minimum Gasteiger partial charge on any atom is -0.294 e. The Hall–Kier alpha value is -0.530. The van der Waals surface area contributed by atoms with E-state index in [-0.39, 0.29) is 30.7 Å². The van der Waals surface area contributed by atoms with E-state index in [0.717, 1.165) is 18.4 Å². The molecule has 0 saturated heterocycles. The van der Waals surface area contributed by atoms with Gasteiger partial charge in [0.15, 0.2) is 5.78 Å². The lowest BCUT2D eigenvalue weighted by Gasteiger charge is -2.19. The summed E-state index contributed by atoms with van der Waals surface area (Å²) in [7, 11) is 0. The van der Waals surface area contributed by atoms with Crippen molar-refractivity contribution >= 4 is 30.6 Å². The van der Waals surface area contributed by atoms with Gasteiger partial charge in [0, 0.05) is 11.5 Å². The first kappa shape index (κ1) is 13.5. The van der Waals surface area contributed by atoms with Crippen LogP contribution < -0.4 is 0 Å². The zero-order valence-electron chi connectivity index (χ0n) is 8.03. The minimum absolute atomic E-state index is 0. The van der Waals surface area contributed by atoms with E-state index in [4.69, 9.17) is 0 Å². The van der Waals surface area contributed by atoms with E-state index >= 15 is 0 Å². The average molecular weight is 233 g/mol. The van der Waals surface area contributed by atoms with Crippen LogP contribution in [-0.2, 0) is 6.42 Å². The quantitative estimate of drug-likeness (QED) is 0.671. The van der Waals surface area contributed by atoms with E-state index in [1.54, 1.807) is 0 Å². The van der Waals surface area contributed by atoms with Gasteiger partial charge in [0.25, 0.3) is 0 Å². The number of fused-ring (bicyclic) bond motifs is 1. The third-order valence-electron chi connectivity index (χ3n) is 2.58. The lowest BCUT2D eigenvalue weighted by atomic mass is 9.84. The lowest BCUT2D eigenvalue weighted by Crippen LogP contribution is -2.19. The number of hydrogen-bond donors (Lipinski definition) is 0. The Morgan fingerprint density at radius 2 is 1.86 bits per heavy atom. The molecule has 1 atom stereocenters. The summed E-state index contributed by atoms with van der Waals surface area (Å²) in [5.41, 5.74) is 2.16. The molecule has 0 heterocycles. The summed E-state index contributed by atoms with van der Waals surface area (Å²) in [6.07, 6.45) is 2.07. The largest absolute Gasteiger partial charge is 0.294 e. The number of rotatable bonds is 0. The SMILES string of the molecule is CC1CCc2ccccc2C1=O.Cl.Cl. The predicted molar refractivity (Wildman–Crippen MR) is 62.8 cm³/mol. The standard InChI is InChI=1S/C11H12O.2ClH/c1-8-6-7-9-4-2-3-5-10(9)11(8)12;;/h2-5,8H,6-7H2,1H3;2*1H. The molecule has 78 valence electrons. The van der Waals surface area contributed by atoms with Gasteiger partial charge in [-0.3, -0.25) is 4.79 Å². The van der Waals surface area contributed by atoms with E-state index < -0.39 is 0 Å². The molecule has 14 heavy (non-hydrogen) atoms. The maximum absolute atomic E-state index is 11.6. The zero-order valence-corrected chi connectivity index (χ0v) is 9.66. The van der Waals surface area contributed by atoms with E-state index in [1.165, 1.54) is 5.56 Å². The summed E-state index contributed by atoms with van der Waals surface area (Å²) in [5.74, 6) is 0.539. The third kappa shape index (κ3) is 2.28. The van der Waals surface area contributed by atoms with Gasteiger partial charge in [-0.1, -0.05) is 31.2 Å². The van der Waals surface area contributed by atoms with Crippen LogP contribution in [0.1, 0.15) is 29.3 Å². The van der Waals surface area contributed by atoms with E-state index in [1.807, 2.05) is 25.1 Å². The molecule has 1 aliphatic rings. The lowest BCUT2D eigenvalue weighted by molar-refractivity contribution is 0.0913. The molecule has 1 aliphatic carbocycles. The third-order valence-corrected chi connectivity index (χ3v) is 2.58. The fourth-order valence-corrected chi connectivity index (χ4v) is 1.75. The Bertz CT molecular complexity index is 323. The van der Waals surface area contributed by atoms with Gasteiger partial charge in [-0.15, -0.1) is 24.8 Å². The number of carbonyl (C=O) groups excluding carboxylic acids is 1. The Labute approximate surface area is 96.7 Å². The van der Waals surface area contributed by atoms with Crippen LogP contribution in [0.2, 0.25) is 0 Å². The first-order valence-corrected chi connectivity index (χ1v) is 4.41. The van der Waals surface area contributed by atoms with Crippen molar-refractivity contribution in [3.8, 4) is 0 Å². The molecule has 0 aliphatic heterocycles. The highest BCUT2D eigenvalue weighted by atomic mass is 35.5. The van der Waals surface area contributed by atoms with Crippen molar-refractivity contribution in [2.45, 2.75) is 19.8 Å². The first-order valence-electron chi connectivity index (χ1n) is 4.41. The van der Waals surface area contributed by atoms with Gasteiger partial charge in [0.05, 0.1) is 0 Å². The molecule has 3 heteroatoms. The Morgan fingerprint density at radius 1 is 1.21 bits per heavy atom. The highest BCUT2D eigenvalue weighted by molar-refractivity contribution is 5.99. The molecule has 0 amide bonds. The molecule has 1 nitrogen and oxygen atoms in total. The van der Waals surface area contributed by atoms with Gasteiger partial charge >= 0.3 is 0 Å². The highest BCUT2D eigenvalue weighted by Crippen LogP contribution is 2.24. The molecule has 2 rings (SSSR count). The van der Waals surface area contributed by atoms with Gasteiger partial charge in [0.1, 0.15) is 0 Å². The highest BCUT2D eigenvalue weighted by Gasteiger charge is 2.22. The second-order valence-corrected chi connectivity index (χ2v) is 3.46. The second kappa shape index (κ2) is 5.38. The summed E-state index contributed by atoms with van der Waals surface area (Å²) < 4.78 is 0. The summed E-state index contributed by atoms with van der Waals surface area (Å²) in [6.45, 7) is 2.01. The van der Waals surface area contributed by atoms with Crippen LogP contribution in [-0.4, -0.2) is 5.78 Å². The zero-order chi connectivity index (χ0) is 8.55. The molecule has 0 N–H and O–H groups in total. The smallest absolute Gasteiger partial charge is 0.165 e. The van der Waals surface area contributed by atoms with Crippen molar-refractivity contribution in [2.24, 2.45) is 5.92 Å². The number of benzene rings is 1. The van der Waals surface area contributed by atoms with Crippen molar-refractivity contribution in [3.63, 3.8) is 0 Å². The Balaban J connectivity index is 0.000000845. The average Bonchev–Trinajstić information content (AvgIpc) is 2.12. The molecule has 1 aromatic carbocycles. The van der Waals surface area contributed by atoms with Crippen molar-refractivity contribution < 1.29 is 4.79 Å². The van der Waals surface area contributed by atoms with Gasteiger partial charge in [-0.25, -0.2) is 0 Å². The number of aryl methyl sites for hydroxylation is 1. The van der Waals surface area contributed by atoms with Gasteiger partial charge in [-0.05, 0) is 18.4 Å². The Kier molecular flexibility index (Phi) is 5.17. The van der Waals surface area contributed by atoms with Crippen LogP contribution in [0.4, 0.5) is 0 Å². The monoisotopic (exact) mass is 232 g/mol. The molecule has 0 aromatic heterocycles. The molecule has 1 unspecified atom stereocenters. The van der Waals surface area contributed by atoms with Crippen LogP contribution in [0.5, 0.6) is 0 Å². The topological polar surface area (TPSA) is 17.1 Å². The molecule has 1 aromatic rings. The van der Waals surface area contributed by atoms with Gasteiger partial charge in [0.2, 0.25) is 0 Å². The predicted octanol–water partition coefficient (Wildman–Crippen LogP) is 3.30. The fraction of sp³-hybridized carbons (Fsp3) is 0.364.